The predicted octanol–water partition coefficient (Wildman–Crippen LogP) is 1.24. The normalized spacial score (nSPS) is 23.2. The summed E-state index contributed by atoms with van der Waals surface area (Å²) in [6.45, 7) is 7.20. The third kappa shape index (κ3) is 2.17. The maximum atomic E-state index is 9.65. The van der Waals surface area contributed by atoms with Gasteiger partial charge in [0.25, 0.3) is 0 Å². The summed E-state index contributed by atoms with van der Waals surface area (Å²) >= 11 is 0. The highest BCUT2D eigenvalue weighted by Gasteiger charge is 2.38. The van der Waals surface area contributed by atoms with Gasteiger partial charge < -0.3 is 5.11 Å². The molecule has 0 aromatic rings. The molecule has 1 fully saturated rings. The molecule has 0 radical (unpaired) electrons. The smallest absolute Gasteiger partial charge is 0.0897 e. The van der Waals surface area contributed by atoms with Crippen LogP contribution >= 0.6 is 0 Å². The van der Waals surface area contributed by atoms with Crippen molar-refractivity contribution in [3.05, 3.63) is 0 Å². The molecular formula is C9H19NO. The molecule has 0 spiro atoms. The van der Waals surface area contributed by atoms with Crippen molar-refractivity contribution in [2.45, 2.75) is 38.7 Å². The highest BCUT2D eigenvalue weighted by Crippen LogP contribution is 2.23. The lowest BCUT2D eigenvalue weighted by molar-refractivity contribution is -0.0993. The zero-order valence-electron chi connectivity index (χ0n) is 7.64. The summed E-state index contributed by atoms with van der Waals surface area (Å²) in [6.07, 6.45) is 3.41. The minimum Gasteiger partial charge on any atom is -0.387 e. The molecule has 1 rings (SSSR count). The highest BCUT2D eigenvalue weighted by atomic mass is 16.3. The molecule has 1 aliphatic heterocycles. The first kappa shape index (κ1) is 9.01. The maximum Gasteiger partial charge on any atom is 0.0897 e. The van der Waals surface area contributed by atoms with E-state index in [0.717, 1.165) is 19.5 Å². The summed E-state index contributed by atoms with van der Waals surface area (Å²) in [5, 5.41) is 9.65. The Kier molecular flexibility index (Phi) is 2.90. The quantitative estimate of drug-likeness (QED) is 0.663. The number of hydrogen-bond acceptors (Lipinski definition) is 2. The van der Waals surface area contributed by atoms with Crippen LogP contribution < -0.4 is 0 Å². The van der Waals surface area contributed by atoms with Crippen LogP contribution in [0.25, 0.3) is 0 Å². The zero-order valence-corrected chi connectivity index (χ0v) is 7.64. The van der Waals surface area contributed by atoms with E-state index in [-0.39, 0.29) is 5.60 Å². The van der Waals surface area contributed by atoms with Gasteiger partial charge in [0.1, 0.15) is 0 Å². The second-order valence-electron chi connectivity index (χ2n) is 3.64. The zero-order chi connectivity index (χ0) is 8.32. The van der Waals surface area contributed by atoms with Gasteiger partial charge in [0.2, 0.25) is 0 Å². The molecule has 1 saturated heterocycles. The molecule has 0 saturated carbocycles. The Hall–Kier alpha value is -0.0800. The molecule has 1 aliphatic rings. The molecule has 0 aromatic heterocycles. The van der Waals surface area contributed by atoms with Gasteiger partial charge in [-0.2, -0.15) is 0 Å². The minimum absolute atomic E-state index is 0.340. The first-order valence-corrected chi connectivity index (χ1v) is 4.65. The van der Waals surface area contributed by atoms with Crippen molar-refractivity contribution in [1.29, 1.82) is 0 Å². The van der Waals surface area contributed by atoms with E-state index < -0.39 is 0 Å². The SMILES string of the molecule is CCCCN1CC(O)(CC)C1. The molecule has 0 amide bonds. The number of unbranched alkanes of at least 4 members (excludes halogenated alkanes) is 1. The lowest BCUT2D eigenvalue weighted by atomic mass is 9.91. The van der Waals surface area contributed by atoms with Crippen LogP contribution in [0.3, 0.4) is 0 Å². The second kappa shape index (κ2) is 3.55. The van der Waals surface area contributed by atoms with E-state index in [1.54, 1.807) is 0 Å². The van der Waals surface area contributed by atoms with Crippen LogP contribution in [-0.2, 0) is 0 Å². The van der Waals surface area contributed by atoms with Crippen LogP contribution in [0.2, 0.25) is 0 Å². The fourth-order valence-corrected chi connectivity index (χ4v) is 1.55. The molecule has 0 atom stereocenters. The number of nitrogens with zero attached hydrogens (tertiary/aromatic N) is 1. The van der Waals surface area contributed by atoms with Crippen molar-refractivity contribution in [2.24, 2.45) is 0 Å². The van der Waals surface area contributed by atoms with Gasteiger partial charge in [-0.05, 0) is 19.4 Å². The van der Waals surface area contributed by atoms with Gasteiger partial charge in [-0.25, -0.2) is 0 Å². The van der Waals surface area contributed by atoms with Crippen molar-refractivity contribution in [3.8, 4) is 0 Å². The number of hydrogen-bond donors (Lipinski definition) is 1. The second-order valence-corrected chi connectivity index (χ2v) is 3.64. The van der Waals surface area contributed by atoms with Crippen LogP contribution in [0.15, 0.2) is 0 Å². The van der Waals surface area contributed by atoms with Crippen LogP contribution in [0.4, 0.5) is 0 Å². The monoisotopic (exact) mass is 157 g/mol. The molecule has 0 unspecified atom stereocenters. The first-order chi connectivity index (χ1) is 5.20. The molecule has 0 bridgehead atoms. The number of likely N-dealkylation sites (tertiary alicyclic amines) is 1. The molecular weight excluding hydrogens is 138 g/mol. The standard InChI is InChI=1S/C9H19NO/c1-3-5-6-10-7-9(11,4-2)8-10/h11H,3-8H2,1-2H3. The summed E-state index contributed by atoms with van der Waals surface area (Å²) in [5.74, 6) is 0. The molecule has 0 aliphatic carbocycles. The Labute approximate surface area is 69.2 Å². The molecule has 2 nitrogen and oxygen atoms in total. The van der Waals surface area contributed by atoms with Gasteiger partial charge in [-0.15, -0.1) is 0 Å². The van der Waals surface area contributed by atoms with Crippen LogP contribution in [0.5, 0.6) is 0 Å². The number of rotatable bonds is 4. The predicted molar refractivity (Wildman–Crippen MR) is 46.6 cm³/mol. The molecule has 11 heavy (non-hydrogen) atoms. The van der Waals surface area contributed by atoms with E-state index in [2.05, 4.69) is 18.7 Å². The third-order valence-corrected chi connectivity index (χ3v) is 2.52. The van der Waals surface area contributed by atoms with Crippen molar-refractivity contribution < 1.29 is 5.11 Å². The van der Waals surface area contributed by atoms with E-state index in [1.165, 1.54) is 19.4 Å². The van der Waals surface area contributed by atoms with Crippen LogP contribution in [-0.4, -0.2) is 35.2 Å². The molecule has 0 aromatic carbocycles. The Balaban J connectivity index is 2.08. The Morgan fingerprint density at radius 1 is 1.36 bits per heavy atom. The van der Waals surface area contributed by atoms with Gasteiger partial charge in [0.15, 0.2) is 0 Å². The van der Waals surface area contributed by atoms with Crippen molar-refractivity contribution in [1.82, 2.24) is 4.90 Å². The summed E-state index contributed by atoms with van der Waals surface area (Å²) in [7, 11) is 0. The summed E-state index contributed by atoms with van der Waals surface area (Å²) in [6, 6.07) is 0. The van der Waals surface area contributed by atoms with Gasteiger partial charge >= 0.3 is 0 Å². The van der Waals surface area contributed by atoms with E-state index in [9.17, 15) is 5.11 Å². The van der Waals surface area contributed by atoms with Crippen LogP contribution in [0, 0.1) is 0 Å². The minimum atomic E-state index is -0.340. The molecule has 1 heterocycles. The molecule has 1 N–H and O–H groups in total. The van der Waals surface area contributed by atoms with Gasteiger partial charge in [0, 0.05) is 13.1 Å². The third-order valence-electron chi connectivity index (χ3n) is 2.52. The van der Waals surface area contributed by atoms with Crippen molar-refractivity contribution >= 4 is 0 Å². The lowest BCUT2D eigenvalue weighted by Crippen LogP contribution is -2.61. The highest BCUT2D eigenvalue weighted by molar-refractivity contribution is 4.93. The van der Waals surface area contributed by atoms with E-state index in [1.807, 2.05) is 0 Å². The summed E-state index contributed by atoms with van der Waals surface area (Å²) < 4.78 is 0. The molecule has 66 valence electrons. The summed E-state index contributed by atoms with van der Waals surface area (Å²) in [4.78, 5) is 2.33. The Morgan fingerprint density at radius 2 is 2.00 bits per heavy atom. The Morgan fingerprint density at radius 3 is 2.45 bits per heavy atom. The lowest BCUT2D eigenvalue weighted by Gasteiger charge is -2.46. The molecule has 2 heteroatoms. The summed E-state index contributed by atoms with van der Waals surface area (Å²) in [5.41, 5.74) is -0.340. The maximum absolute atomic E-state index is 9.65. The van der Waals surface area contributed by atoms with Gasteiger partial charge in [-0.1, -0.05) is 20.3 Å². The van der Waals surface area contributed by atoms with E-state index in [0.29, 0.717) is 0 Å². The topological polar surface area (TPSA) is 23.5 Å². The van der Waals surface area contributed by atoms with Gasteiger partial charge in [-0.3, -0.25) is 4.90 Å². The largest absolute Gasteiger partial charge is 0.387 e. The fraction of sp³-hybridized carbons (Fsp3) is 1.00. The van der Waals surface area contributed by atoms with E-state index in [4.69, 9.17) is 0 Å². The number of β-amino-alcohol motifs (C(OH)–C–C–N with tert-alkyl or cyclic N) is 1. The number of aliphatic hydroxyl groups is 1. The Bertz CT molecular complexity index is 119. The first-order valence-electron chi connectivity index (χ1n) is 4.65. The van der Waals surface area contributed by atoms with Crippen molar-refractivity contribution in [2.75, 3.05) is 19.6 Å². The van der Waals surface area contributed by atoms with Gasteiger partial charge in [0.05, 0.1) is 5.60 Å². The van der Waals surface area contributed by atoms with E-state index >= 15 is 0 Å². The average Bonchev–Trinajstić information content (AvgIpc) is 1.96. The fourth-order valence-electron chi connectivity index (χ4n) is 1.55. The van der Waals surface area contributed by atoms with Crippen LogP contribution in [0.1, 0.15) is 33.1 Å². The average molecular weight is 157 g/mol. The van der Waals surface area contributed by atoms with Crippen molar-refractivity contribution in [3.63, 3.8) is 0 Å².